The van der Waals surface area contributed by atoms with E-state index in [9.17, 15) is 9.59 Å². The summed E-state index contributed by atoms with van der Waals surface area (Å²) >= 11 is 0. The van der Waals surface area contributed by atoms with Crippen LogP contribution in [-0.4, -0.2) is 24.5 Å². The first-order valence-electron chi connectivity index (χ1n) is 5.30. The van der Waals surface area contributed by atoms with E-state index in [1.54, 1.807) is 6.92 Å². The van der Waals surface area contributed by atoms with Crippen LogP contribution in [0.2, 0.25) is 0 Å². The molecule has 1 aliphatic heterocycles. The molecule has 2 aliphatic rings. The van der Waals surface area contributed by atoms with Crippen molar-refractivity contribution < 1.29 is 14.3 Å². The van der Waals surface area contributed by atoms with Crippen LogP contribution in [0.15, 0.2) is 12.2 Å². The number of carbonyl (C=O) groups is 2. The van der Waals surface area contributed by atoms with Crippen LogP contribution in [0.3, 0.4) is 0 Å². The molecule has 0 aromatic heterocycles. The molecule has 1 N–H and O–H groups in total. The minimum atomic E-state index is -0.447. The van der Waals surface area contributed by atoms with Crippen molar-refractivity contribution in [3.05, 3.63) is 12.2 Å². The predicted octanol–water partition coefficient (Wildman–Crippen LogP) is 0.774. The minimum absolute atomic E-state index is 0.00875. The zero-order valence-electron chi connectivity index (χ0n) is 8.79. The summed E-state index contributed by atoms with van der Waals surface area (Å²) in [6, 6.07) is -0.447. The Kier molecular flexibility index (Phi) is 2.50. The SMILES string of the molecule is CCOC(=O)[C@@H]1CC2(CC=CC2)C(=O)N1. The molecule has 0 bridgehead atoms. The lowest BCUT2D eigenvalue weighted by molar-refractivity contribution is -0.145. The van der Waals surface area contributed by atoms with Gasteiger partial charge < -0.3 is 10.1 Å². The number of hydrogen-bond donors (Lipinski definition) is 1. The Bertz CT molecular complexity index is 314. The summed E-state index contributed by atoms with van der Waals surface area (Å²) in [5.74, 6) is -0.319. The van der Waals surface area contributed by atoms with Gasteiger partial charge in [0.2, 0.25) is 5.91 Å². The van der Waals surface area contributed by atoms with Gasteiger partial charge in [0.15, 0.2) is 0 Å². The first kappa shape index (κ1) is 10.2. The number of allylic oxidation sites excluding steroid dienone is 2. The van der Waals surface area contributed by atoms with Crippen LogP contribution < -0.4 is 5.32 Å². The first-order valence-corrected chi connectivity index (χ1v) is 5.30. The Balaban J connectivity index is 2.04. The van der Waals surface area contributed by atoms with E-state index in [1.165, 1.54) is 0 Å². The second-order valence-corrected chi connectivity index (χ2v) is 4.14. The second kappa shape index (κ2) is 3.68. The fourth-order valence-electron chi connectivity index (χ4n) is 2.28. The van der Waals surface area contributed by atoms with E-state index in [2.05, 4.69) is 5.32 Å². The molecule has 1 amide bonds. The van der Waals surface area contributed by atoms with Crippen molar-refractivity contribution >= 4 is 11.9 Å². The van der Waals surface area contributed by atoms with Crippen molar-refractivity contribution in [3.63, 3.8) is 0 Å². The molecule has 0 unspecified atom stereocenters. The van der Waals surface area contributed by atoms with Gasteiger partial charge in [0, 0.05) is 0 Å². The molecule has 0 radical (unpaired) electrons. The van der Waals surface area contributed by atoms with Crippen LogP contribution in [-0.2, 0) is 14.3 Å². The van der Waals surface area contributed by atoms with Gasteiger partial charge >= 0.3 is 5.97 Å². The van der Waals surface area contributed by atoms with Gasteiger partial charge in [-0.15, -0.1) is 0 Å². The molecule has 1 saturated heterocycles. The second-order valence-electron chi connectivity index (χ2n) is 4.14. The Morgan fingerprint density at radius 1 is 1.60 bits per heavy atom. The zero-order valence-corrected chi connectivity index (χ0v) is 8.79. The molecular formula is C11H15NO3. The van der Waals surface area contributed by atoms with Crippen LogP contribution in [0, 0.1) is 5.41 Å². The summed E-state index contributed by atoms with van der Waals surface area (Å²) in [4.78, 5) is 23.2. The average molecular weight is 209 g/mol. The van der Waals surface area contributed by atoms with Crippen LogP contribution in [0.25, 0.3) is 0 Å². The first-order chi connectivity index (χ1) is 7.18. The third-order valence-electron chi connectivity index (χ3n) is 3.14. The zero-order chi connectivity index (χ0) is 10.9. The normalized spacial score (nSPS) is 27.0. The lowest BCUT2D eigenvalue weighted by atomic mass is 9.82. The van der Waals surface area contributed by atoms with Crippen molar-refractivity contribution in [1.82, 2.24) is 5.32 Å². The van der Waals surface area contributed by atoms with E-state index < -0.39 is 6.04 Å². The maximum absolute atomic E-state index is 11.8. The van der Waals surface area contributed by atoms with Crippen molar-refractivity contribution in [2.24, 2.45) is 5.41 Å². The van der Waals surface area contributed by atoms with Gasteiger partial charge in [0.1, 0.15) is 6.04 Å². The fourth-order valence-corrected chi connectivity index (χ4v) is 2.28. The average Bonchev–Trinajstić information content (AvgIpc) is 2.78. The number of hydrogen-bond acceptors (Lipinski definition) is 3. The van der Waals surface area contributed by atoms with Crippen molar-refractivity contribution in [1.29, 1.82) is 0 Å². The summed E-state index contributed by atoms with van der Waals surface area (Å²) in [5.41, 5.74) is -0.364. The van der Waals surface area contributed by atoms with E-state index >= 15 is 0 Å². The summed E-state index contributed by atoms with van der Waals surface area (Å²) in [6.07, 6.45) is 6.07. The predicted molar refractivity (Wildman–Crippen MR) is 54.0 cm³/mol. The van der Waals surface area contributed by atoms with Crippen LogP contribution in [0.5, 0.6) is 0 Å². The molecule has 1 aliphatic carbocycles. The molecule has 1 spiro atoms. The molecule has 1 fully saturated rings. The molecule has 82 valence electrons. The van der Waals surface area contributed by atoms with Crippen LogP contribution in [0.4, 0.5) is 0 Å². The Labute approximate surface area is 88.7 Å². The Hall–Kier alpha value is -1.32. The molecule has 1 heterocycles. The fraction of sp³-hybridized carbons (Fsp3) is 0.636. The van der Waals surface area contributed by atoms with Gasteiger partial charge in [0.05, 0.1) is 12.0 Å². The van der Waals surface area contributed by atoms with E-state index in [4.69, 9.17) is 4.74 Å². The number of esters is 1. The van der Waals surface area contributed by atoms with Crippen molar-refractivity contribution in [2.45, 2.75) is 32.2 Å². The highest BCUT2D eigenvalue weighted by Crippen LogP contribution is 2.41. The summed E-state index contributed by atoms with van der Waals surface area (Å²) < 4.78 is 4.90. The molecule has 1 atom stereocenters. The Morgan fingerprint density at radius 3 is 2.87 bits per heavy atom. The Morgan fingerprint density at radius 2 is 2.27 bits per heavy atom. The number of rotatable bonds is 2. The van der Waals surface area contributed by atoms with Gasteiger partial charge in [-0.05, 0) is 26.2 Å². The van der Waals surface area contributed by atoms with Gasteiger partial charge in [-0.3, -0.25) is 4.79 Å². The molecule has 4 nitrogen and oxygen atoms in total. The number of amides is 1. The van der Waals surface area contributed by atoms with Crippen molar-refractivity contribution in [3.8, 4) is 0 Å². The summed E-state index contributed by atoms with van der Waals surface area (Å²) in [5, 5.41) is 2.72. The lowest BCUT2D eigenvalue weighted by Crippen LogP contribution is -2.35. The monoisotopic (exact) mass is 209 g/mol. The largest absolute Gasteiger partial charge is 0.464 e. The minimum Gasteiger partial charge on any atom is -0.464 e. The highest BCUT2D eigenvalue weighted by Gasteiger charge is 2.49. The highest BCUT2D eigenvalue weighted by molar-refractivity contribution is 5.92. The van der Waals surface area contributed by atoms with E-state index in [0.29, 0.717) is 13.0 Å². The van der Waals surface area contributed by atoms with Crippen LogP contribution >= 0.6 is 0 Å². The van der Waals surface area contributed by atoms with Crippen molar-refractivity contribution in [2.75, 3.05) is 6.61 Å². The summed E-state index contributed by atoms with van der Waals surface area (Å²) in [6.45, 7) is 2.12. The number of carbonyl (C=O) groups excluding carboxylic acids is 2. The van der Waals surface area contributed by atoms with Gasteiger partial charge in [-0.1, -0.05) is 12.2 Å². The van der Waals surface area contributed by atoms with E-state index in [0.717, 1.165) is 12.8 Å². The molecule has 2 rings (SSSR count). The molecule has 0 aromatic rings. The molecule has 0 aromatic carbocycles. The van der Waals surface area contributed by atoms with Gasteiger partial charge in [0.25, 0.3) is 0 Å². The standard InChI is InChI=1S/C11H15NO3/c1-2-15-9(13)8-7-11(10(14)12-8)5-3-4-6-11/h3-4,8H,2,5-7H2,1H3,(H,12,14)/t8-/m0/s1. The number of nitrogens with one attached hydrogen (secondary N) is 1. The maximum atomic E-state index is 11.8. The highest BCUT2D eigenvalue weighted by atomic mass is 16.5. The third-order valence-corrected chi connectivity index (χ3v) is 3.14. The van der Waals surface area contributed by atoms with Gasteiger partial charge in [-0.25, -0.2) is 4.79 Å². The molecule has 15 heavy (non-hydrogen) atoms. The van der Waals surface area contributed by atoms with E-state index in [1.807, 2.05) is 12.2 Å². The molecule has 0 saturated carbocycles. The maximum Gasteiger partial charge on any atom is 0.328 e. The van der Waals surface area contributed by atoms with Crippen LogP contribution in [0.1, 0.15) is 26.2 Å². The summed E-state index contributed by atoms with van der Waals surface area (Å²) in [7, 11) is 0. The molecule has 4 heteroatoms. The topological polar surface area (TPSA) is 55.4 Å². The number of ether oxygens (including phenoxy) is 1. The lowest BCUT2D eigenvalue weighted by Gasteiger charge is -2.18. The smallest absolute Gasteiger partial charge is 0.328 e. The molecular weight excluding hydrogens is 194 g/mol. The van der Waals surface area contributed by atoms with E-state index in [-0.39, 0.29) is 17.3 Å². The quantitative estimate of drug-likeness (QED) is 0.540. The van der Waals surface area contributed by atoms with Gasteiger partial charge in [-0.2, -0.15) is 0 Å². The third kappa shape index (κ3) is 1.64.